The van der Waals surface area contributed by atoms with Gasteiger partial charge in [0.2, 0.25) is 0 Å². The van der Waals surface area contributed by atoms with Gasteiger partial charge in [0.05, 0.1) is 5.71 Å². The standard InChI is InChI=1S/C22H32F3NO3/c1-20-10-8-14(29-19(27)22(23,24)25)12-13(20)4-5-15-16-6-7-18(26-28-3)21(16,2)11-9-17(15)20/h13-17H,4-12H2,1-3H3/b26-18+. The Labute approximate surface area is 170 Å². The van der Waals surface area contributed by atoms with Crippen LogP contribution in [-0.4, -0.2) is 31.1 Å². The van der Waals surface area contributed by atoms with Crippen molar-refractivity contribution in [2.24, 2.45) is 39.7 Å². The lowest BCUT2D eigenvalue weighted by Crippen LogP contribution is -2.54. The van der Waals surface area contributed by atoms with Crippen LogP contribution in [0.3, 0.4) is 0 Å². The van der Waals surface area contributed by atoms with Crippen LogP contribution in [0, 0.1) is 34.5 Å². The van der Waals surface area contributed by atoms with E-state index < -0.39 is 18.2 Å². The molecule has 0 aromatic carbocycles. The van der Waals surface area contributed by atoms with Crippen LogP contribution in [-0.2, 0) is 14.4 Å². The van der Waals surface area contributed by atoms with Gasteiger partial charge >= 0.3 is 12.1 Å². The van der Waals surface area contributed by atoms with Crippen LogP contribution in [0.25, 0.3) is 0 Å². The fourth-order valence-electron chi connectivity index (χ4n) is 7.59. The highest BCUT2D eigenvalue weighted by Crippen LogP contribution is 2.65. The van der Waals surface area contributed by atoms with Crippen LogP contribution in [0.2, 0.25) is 0 Å². The minimum atomic E-state index is -4.91. The lowest BCUT2D eigenvalue weighted by atomic mass is 9.45. The van der Waals surface area contributed by atoms with Gasteiger partial charge in [-0.15, -0.1) is 0 Å². The Morgan fingerprint density at radius 1 is 1.07 bits per heavy atom. The van der Waals surface area contributed by atoms with E-state index in [-0.39, 0.29) is 10.8 Å². The number of carbonyl (C=O) groups is 1. The second-order valence-corrected chi connectivity index (χ2v) is 10.2. The molecular formula is C22H32F3NO3. The molecule has 0 bridgehead atoms. The molecule has 0 aliphatic heterocycles. The lowest BCUT2D eigenvalue weighted by Gasteiger charge is -2.60. The van der Waals surface area contributed by atoms with E-state index in [2.05, 4.69) is 19.0 Å². The first-order valence-electron chi connectivity index (χ1n) is 11.0. The van der Waals surface area contributed by atoms with E-state index in [1.165, 1.54) is 5.71 Å². The summed E-state index contributed by atoms with van der Waals surface area (Å²) in [4.78, 5) is 16.4. The fourth-order valence-corrected chi connectivity index (χ4v) is 7.59. The molecule has 4 fully saturated rings. The zero-order valence-electron chi connectivity index (χ0n) is 17.6. The van der Waals surface area contributed by atoms with Gasteiger partial charge in [0.25, 0.3) is 0 Å². The maximum atomic E-state index is 12.6. The van der Waals surface area contributed by atoms with Gasteiger partial charge in [-0.25, -0.2) is 4.79 Å². The Kier molecular flexibility index (Phi) is 5.18. The molecule has 0 saturated heterocycles. The van der Waals surface area contributed by atoms with Crippen molar-refractivity contribution in [3.63, 3.8) is 0 Å². The molecule has 4 aliphatic carbocycles. The SMILES string of the molecule is CO/N=C1\CCC2C3CCC4CC(OC(=O)C(F)(F)F)CCC4(C)C3CCC12C. The van der Waals surface area contributed by atoms with Crippen molar-refractivity contribution in [2.45, 2.75) is 83.9 Å². The number of hydrogen-bond donors (Lipinski definition) is 0. The molecule has 0 amide bonds. The highest BCUT2D eigenvalue weighted by Gasteiger charge is 2.60. The number of esters is 1. The first-order valence-corrected chi connectivity index (χ1v) is 11.0. The highest BCUT2D eigenvalue weighted by molar-refractivity contribution is 5.92. The molecule has 4 saturated carbocycles. The molecular weight excluding hydrogens is 383 g/mol. The second kappa shape index (κ2) is 7.16. The molecule has 4 rings (SSSR count). The largest absolute Gasteiger partial charge is 0.490 e. The zero-order chi connectivity index (χ0) is 21.0. The van der Waals surface area contributed by atoms with Crippen LogP contribution < -0.4 is 0 Å². The smallest absolute Gasteiger partial charge is 0.456 e. The normalized spacial score (nSPS) is 45.9. The van der Waals surface area contributed by atoms with Gasteiger partial charge in [-0.3, -0.25) is 0 Å². The number of alkyl halides is 3. The van der Waals surface area contributed by atoms with Crippen LogP contribution in [0.1, 0.15) is 71.6 Å². The molecule has 7 atom stereocenters. The van der Waals surface area contributed by atoms with Gasteiger partial charge in [0.15, 0.2) is 0 Å². The van der Waals surface area contributed by atoms with E-state index in [1.54, 1.807) is 7.11 Å². The van der Waals surface area contributed by atoms with Crippen LogP contribution in [0.15, 0.2) is 5.16 Å². The van der Waals surface area contributed by atoms with E-state index in [1.807, 2.05) is 0 Å². The molecule has 0 spiro atoms. The average Bonchev–Trinajstić information content (AvgIpc) is 2.98. The van der Waals surface area contributed by atoms with E-state index in [0.717, 1.165) is 44.9 Å². The van der Waals surface area contributed by atoms with Crippen molar-refractivity contribution in [3.8, 4) is 0 Å². The molecule has 0 N–H and O–H groups in total. The average molecular weight is 415 g/mol. The van der Waals surface area contributed by atoms with E-state index in [0.29, 0.717) is 36.5 Å². The van der Waals surface area contributed by atoms with E-state index >= 15 is 0 Å². The molecule has 29 heavy (non-hydrogen) atoms. The van der Waals surface area contributed by atoms with Crippen molar-refractivity contribution in [3.05, 3.63) is 0 Å². The molecule has 7 unspecified atom stereocenters. The Balaban J connectivity index is 1.48. The molecule has 0 radical (unpaired) electrons. The number of ether oxygens (including phenoxy) is 1. The first kappa shape index (κ1) is 21.0. The number of oxime groups is 1. The topological polar surface area (TPSA) is 47.9 Å². The number of halogens is 3. The quantitative estimate of drug-likeness (QED) is 0.442. The Bertz CT molecular complexity index is 693. The Hall–Kier alpha value is -1.27. The summed E-state index contributed by atoms with van der Waals surface area (Å²) in [5.74, 6) is 0.161. The third-order valence-corrected chi connectivity index (χ3v) is 9.07. The van der Waals surface area contributed by atoms with Crippen molar-refractivity contribution in [1.82, 2.24) is 0 Å². The highest BCUT2D eigenvalue weighted by atomic mass is 19.4. The Morgan fingerprint density at radius 2 is 1.83 bits per heavy atom. The maximum absolute atomic E-state index is 12.6. The summed E-state index contributed by atoms with van der Waals surface area (Å²) in [6.07, 6.45) is 2.99. The van der Waals surface area contributed by atoms with Gasteiger partial charge < -0.3 is 9.57 Å². The van der Waals surface area contributed by atoms with Crippen molar-refractivity contribution in [2.75, 3.05) is 7.11 Å². The molecule has 4 aliphatic rings. The van der Waals surface area contributed by atoms with Crippen molar-refractivity contribution in [1.29, 1.82) is 0 Å². The molecule has 7 heteroatoms. The first-order chi connectivity index (χ1) is 13.6. The van der Waals surface area contributed by atoms with E-state index in [9.17, 15) is 18.0 Å². The van der Waals surface area contributed by atoms with Gasteiger partial charge in [-0.1, -0.05) is 19.0 Å². The summed E-state index contributed by atoms with van der Waals surface area (Å²) in [5, 5.41) is 4.35. The summed E-state index contributed by atoms with van der Waals surface area (Å²) in [7, 11) is 1.62. The van der Waals surface area contributed by atoms with Gasteiger partial charge in [0, 0.05) is 5.41 Å². The molecule has 0 aromatic heterocycles. The summed E-state index contributed by atoms with van der Waals surface area (Å²) in [6.45, 7) is 4.69. The lowest BCUT2D eigenvalue weighted by molar-refractivity contribution is -0.210. The third-order valence-electron chi connectivity index (χ3n) is 9.07. The Morgan fingerprint density at radius 3 is 2.52 bits per heavy atom. The fraction of sp³-hybridized carbons (Fsp3) is 0.909. The minimum absolute atomic E-state index is 0.125. The minimum Gasteiger partial charge on any atom is -0.456 e. The van der Waals surface area contributed by atoms with Crippen LogP contribution in [0.4, 0.5) is 13.2 Å². The summed E-state index contributed by atoms with van der Waals surface area (Å²) < 4.78 is 42.6. The van der Waals surface area contributed by atoms with Crippen LogP contribution >= 0.6 is 0 Å². The number of rotatable bonds is 2. The zero-order valence-corrected chi connectivity index (χ0v) is 17.6. The van der Waals surface area contributed by atoms with Gasteiger partial charge in [-0.05, 0) is 86.9 Å². The predicted molar refractivity (Wildman–Crippen MR) is 102 cm³/mol. The van der Waals surface area contributed by atoms with Gasteiger partial charge in [0.1, 0.15) is 13.2 Å². The summed E-state index contributed by atoms with van der Waals surface area (Å²) in [6, 6.07) is 0. The number of hydrogen-bond acceptors (Lipinski definition) is 4. The molecule has 164 valence electrons. The maximum Gasteiger partial charge on any atom is 0.490 e. The second-order valence-electron chi connectivity index (χ2n) is 10.2. The van der Waals surface area contributed by atoms with Crippen molar-refractivity contribution < 1.29 is 27.5 Å². The molecule has 0 heterocycles. The molecule has 0 aromatic rings. The number of nitrogens with zero attached hydrogens (tertiary/aromatic N) is 1. The molecule has 4 nitrogen and oxygen atoms in total. The third kappa shape index (κ3) is 3.36. The monoisotopic (exact) mass is 415 g/mol. The summed E-state index contributed by atoms with van der Waals surface area (Å²) in [5.41, 5.74) is 1.46. The summed E-state index contributed by atoms with van der Waals surface area (Å²) >= 11 is 0. The van der Waals surface area contributed by atoms with E-state index in [4.69, 9.17) is 9.57 Å². The van der Waals surface area contributed by atoms with Crippen molar-refractivity contribution >= 4 is 11.7 Å². The predicted octanol–water partition coefficient (Wildman–Crippen LogP) is 5.51. The number of carbonyl (C=O) groups excluding carboxylic acids is 1. The van der Waals surface area contributed by atoms with Gasteiger partial charge in [-0.2, -0.15) is 13.2 Å². The number of fused-ring (bicyclic) bond motifs is 5. The van der Waals surface area contributed by atoms with Crippen LogP contribution in [0.5, 0.6) is 0 Å².